The van der Waals surface area contributed by atoms with Crippen LogP contribution in [0.5, 0.6) is 0 Å². The number of rotatable bonds is 11. The summed E-state index contributed by atoms with van der Waals surface area (Å²) < 4.78 is 28.5. The van der Waals surface area contributed by atoms with Crippen molar-refractivity contribution in [2.24, 2.45) is 5.92 Å². The average molecular weight is 265 g/mol. The molecule has 0 bridgehead atoms. The van der Waals surface area contributed by atoms with Crippen LogP contribution >= 0.6 is 0 Å². The Morgan fingerprint density at radius 1 is 1.24 bits per heavy atom. The third-order valence-electron chi connectivity index (χ3n) is 2.67. The molecular weight excluding hydrogens is 238 g/mol. The van der Waals surface area contributed by atoms with E-state index in [1.165, 1.54) is 0 Å². The number of sulfone groups is 1. The van der Waals surface area contributed by atoms with Crippen LogP contribution in [0.25, 0.3) is 0 Å². The molecule has 1 N–H and O–H groups in total. The third-order valence-corrected chi connectivity index (χ3v) is 4.57. The molecule has 0 aromatic rings. The number of ether oxygens (including phenoxy) is 1. The van der Waals surface area contributed by atoms with Crippen molar-refractivity contribution in [3.8, 4) is 0 Å². The van der Waals surface area contributed by atoms with Crippen molar-refractivity contribution in [1.82, 2.24) is 5.32 Å². The van der Waals surface area contributed by atoms with Gasteiger partial charge in [0.15, 0.2) is 9.84 Å². The largest absolute Gasteiger partial charge is 0.382 e. The van der Waals surface area contributed by atoms with E-state index in [4.69, 9.17) is 4.74 Å². The molecular formula is C12H27NO3S. The van der Waals surface area contributed by atoms with Crippen LogP contribution in [0.1, 0.15) is 33.6 Å². The highest BCUT2D eigenvalue weighted by Crippen LogP contribution is 2.05. The summed E-state index contributed by atoms with van der Waals surface area (Å²) in [7, 11) is -2.88. The Labute approximate surface area is 106 Å². The molecule has 0 aliphatic heterocycles. The molecule has 1 atom stereocenters. The predicted octanol–water partition coefficient (Wildman–Crippen LogP) is 1.46. The van der Waals surface area contributed by atoms with Crippen molar-refractivity contribution in [3.63, 3.8) is 0 Å². The lowest BCUT2D eigenvalue weighted by molar-refractivity contribution is 0.145. The molecule has 4 nitrogen and oxygen atoms in total. The standard InChI is InChI=1S/C12H27NO3S/c1-4-12(3)11-17(14,15)10-8-13-7-6-9-16-5-2/h12-13H,4-11H2,1-3H3. The predicted molar refractivity (Wildman–Crippen MR) is 72.1 cm³/mol. The monoisotopic (exact) mass is 265 g/mol. The lowest BCUT2D eigenvalue weighted by Gasteiger charge is -2.10. The molecule has 1 unspecified atom stereocenters. The van der Waals surface area contributed by atoms with Gasteiger partial charge in [-0.3, -0.25) is 0 Å². The smallest absolute Gasteiger partial charge is 0.151 e. The summed E-state index contributed by atoms with van der Waals surface area (Å²) in [4.78, 5) is 0. The van der Waals surface area contributed by atoms with Crippen LogP contribution < -0.4 is 5.32 Å². The molecule has 0 amide bonds. The fraction of sp³-hybridized carbons (Fsp3) is 1.00. The van der Waals surface area contributed by atoms with Gasteiger partial charge in [-0.15, -0.1) is 0 Å². The summed E-state index contributed by atoms with van der Waals surface area (Å²) >= 11 is 0. The zero-order chi connectivity index (χ0) is 13.1. The molecule has 0 saturated heterocycles. The van der Waals surface area contributed by atoms with E-state index in [2.05, 4.69) is 5.32 Å². The van der Waals surface area contributed by atoms with E-state index < -0.39 is 9.84 Å². The van der Waals surface area contributed by atoms with Crippen LogP contribution in [0.4, 0.5) is 0 Å². The topological polar surface area (TPSA) is 55.4 Å². The summed E-state index contributed by atoms with van der Waals surface area (Å²) in [6.07, 6.45) is 1.85. The average Bonchev–Trinajstić information content (AvgIpc) is 2.27. The fourth-order valence-corrected chi connectivity index (χ4v) is 3.16. The quantitative estimate of drug-likeness (QED) is 0.575. The molecule has 0 fully saturated rings. The van der Waals surface area contributed by atoms with E-state index in [1.807, 2.05) is 20.8 Å². The lowest BCUT2D eigenvalue weighted by Crippen LogP contribution is -2.27. The van der Waals surface area contributed by atoms with Gasteiger partial charge in [0.1, 0.15) is 0 Å². The van der Waals surface area contributed by atoms with Gasteiger partial charge >= 0.3 is 0 Å². The second-order valence-corrected chi connectivity index (χ2v) is 6.66. The lowest BCUT2D eigenvalue weighted by atomic mass is 10.2. The Hall–Kier alpha value is -0.130. The van der Waals surface area contributed by atoms with Gasteiger partial charge in [-0.05, 0) is 25.8 Å². The van der Waals surface area contributed by atoms with Gasteiger partial charge in [-0.25, -0.2) is 8.42 Å². The maximum absolute atomic E-state index is 11.7. The van der Waals surface area contributed by atoms with E-state index in [0.29, 0.717) is 12.3 Å². The summed E-state index contributed by atoms with van der Waals surface area (Å²) in [5, 5.41) is 3.13. The van der Waals surface area contributed by atoms with Crippen LogP contribution in [0.2, 0.25) is 0 Å². The Balaban J connectivity index is 3.53. The second kappa shape index (κ2) is 9.85. The maximum atomic E-state index is 11.7. The first-order valence-corrected chi connectivity index (χ1v) is 8.32. The SMILES string of the molecule is CCOCCCNCCS(=O)(=O)CC(C)CC. The minimum absolute atomic E-state index is 0.242. The first-order valence-electron chi connectivity index (χ1n) is 6.50. The molecule has 0 saturated carbocycles. The minimum atomic E-state index is -2.88. The van der Waals surface area contributed by atoms with Crippen molar-refractivity contribution >= 4 is 9.84 Å². The van der Waals surface area contributed by atoms with E-state index in [-0.39, 0.29) is 11.7 Å². The van der Waals surface area contributed by atoms with E-state index in [1.54, 1.807) is 0 Å². The molecule has 0 aromatic heterocycles. The molecule has 0 radical (unpaired) electrons. The van der Waals surface area contributed by atoms with E-state index in [9.17, 15) is 8.42 Å². The Bertz CT molecular complexity index is 265. The fourth-order valence-electron chi connectivity index (χ4n) is 1.43. The summed E-state index contributed by atoms with van der Waals surface area (Å²) in [6, 6.07) is 0. The zero-order valence-corrected chi connectivity index (χ0v) is 12.2. The number of nitrogens with one attached hydrogen (secondary N) is 1. The molecule has 0 aliphatic rings. The van der Waals surface area contributed by atoms with Crippen molar-refractivity contribution in [1.29, 1.82) is 0 Å². The minimum Gasteiger partial charge on any atom is -0.382 e. The zero-order valence-electron chi connectivity index (χ0n) is 11.4. The molecule has 0 heterocycles. The van der Waals surface area contributed by atoms with E-state index >= 15 is 0 Å². The third kappa shape index (κ3) is 10.7. The molecule has 0 spiro atoms. The molecule has 104 valence electrons. The van der Waals surface area contributed by atoms with Crippen LogP contribution in [0.15, 0.2) is 0 Å². The van der Waals surface area contributed by atoms with Crippen LogP contribution in [0, 0.1) is 5.92 Å². The Morgan fingerprint density at radius 2 is 1.94 bits per heavy atom. The molecule has 5 heteroatoms. The normalized spacial score (nSPS) is 13.8. The summed E-state index contributed by atoms with van der Waals surface area (Å²) in [5.74, 6) is 0.814. The molecule has 0 aliphatic carbocycles. The van der Waals surface area contributed by atoms with Gasteiger partial charge in [-0.1, -0.05) is 20.3 Å². The van der Waals surface area contributed by atoms with Crippen LogP contribution in [0.3, 0.4) is 0 Å². The van der Waals surface area contributed by atoms with Crippen LogP contribution in [-0.2, 0) is 14.6 Å². The van der Waals surface area contributed by atoms with Gasteiger partial charge < -0.3 is 10.1 Å². The van der Waals surface area contributed by atoms with Crippen molar-refractivity contribution < 1.29 is 13.2 Å². The summed E-state index contributed by atoms with van der Waals surface area (Å²) in [5.41, 5.74) is 0. The van der Waals surface area contributed by atoms with E-state index in [0.717, 1.165) is 32.6 Å². The highest BCUT2D eigenvalue weighted by Gasteiger charge is 2.13. The first-order chi connectivity index (χ1) is 8.02. The van der Waals surface area contributed by atoms with Gasteiger partial charge in [-0.2, -0.15) is 0 Å². The first kappa shape index (κ1) is 16.9. The highest BCUT2D eigenvalue weighted by atomic mass is 32.2. The van der Waals surface area contributed by atoms with Gasteiger partial charge in [0.05, 0.1) is 11.5 Å². The van der Waals surface area contributed by atoms with Crippen molar-refractivity contribution in [2.75, 3.05) is 37.8 Å². The molecule has 17 heavy (non-hydrogen) atoms. The van der Waals surface area contributed by atoms with Crippen molar-refractivity contribution in [2.45, 2.75) is 33.6 Å². The summed E-state index contributed by atoms with van der Waals surface area (Å²) in [6.45, 7) is 8.81. The second-order valence-electron chi connectivity index (χ2n) is 4.43. The Morgan fingerprint density at radius 3 is 2.53 bits per heavy atom. The number of hydrogen-bond donors (Lipinski definition) is 1. The van der Waals surface area contributed by atoms with Gasteiger partial charge in [0.2, 0.25) is 0 Å². The number of hydrogen-bond acceptors (Lipinski definition) is 4. The van der Waals surface area contributed by atoms with Crippen molar-refractivity contribution in [3.05, 3.63) is 0 Å². The molecule has 0 rings (SSSR count). The van der Waals surface area contributed by atoms with Crippen LogP contribution in [-0.4, -0.2) is 46.2 Å². The Kier molecular flexibility index (Phi) is 9.78. The maximum Gasteiger partial charge on any atom is 0.151 e. The highest BCUT2D eigenvalue weighted by molar-refractivity contribution is 7.91. The van der Waals surface area contributed by atoms with Gasteiger partial charge in [0.25, 0.3) is 0 Å². The molecule has 0 aromatic carbocycles. The van der Waals surface area contributed by atoms with Gasteiger partial charge in [0, 0.05) is 19.8 Å².